The molecule has 0 aliphatic rings. The van der Waals surface area contributed by atoms with Crippen molar-refractivity contribution in [3.8, 4) is 5.69 Å². The molecule has 5 nitrogen and oxygen atoms in total. The lowest BCUT2D eigenvalue weighted by molar-refractivity contribution is -0.124. The molecule has 1 aromatic heterocycles. The van der Waals surface area contributed by atoms with Gasteiger partial charge in [-0.1, -0.05) is 55.4 Å². The fourth-order valence-electron chi connectivity index (χ4n) is 2.76. The number of benzene rings is 2. The summed E-state index contributed by atoms with van der Waals surface area (Å²) in [4.78, 5) is 12.2. The number of rotatable bonds is 7. The van der Waals surface area contributed by atoms with Crippen LogP contribution >= 0.6 is 11.8 Å². The second-order valence-corrected chi connectivity index (χ2v) is 8.25. The van der Waals surface area contributed by atoms with Crippen molar-refractivity contribution in [1.82, 2.24) is 20.1 Å². The highest BCUT2D eigenvalue weighted by Gasteiger charge is 2.22. The molecule has 1 amide bonds. The van der Waals surface area contributed by atoms with Crippen molar-refractivity contribution >= 4 is 17.7 Å². The second-order valence-electron chi connectivity index (χ2n) is 7.31. The lowest BCUT2D eigenvalue weighted by Crippen LogP contribution is -2.31. The van der Waals surface area contributed by atoms with E-state index >= 15 is 0 Å². The second kappa shape index (κ2) is 9.22. The van der Waals surface area contributed by atoms with Crippen LogP contribution < -0.4 is 5.32 Å². The summed E-state index contributed by atoms with van der Waals surface area (Å²) in [5.74, 6) is 0.914. The third-order valence-corrected chi connectivity index (χ3v) is 5.50. The first kappa shape index (κ1) is 21.0. The standard InChI is InChI=1S/C22H25FN4OS/c1-14(2)21(28)24-16(4)20-25-26-22(27(20)19-11-5-15(3)6-12-19)29-13-17-7-9-18(23)10-8-17/h5-12,14,16H,13H2,1-4H3,(H,24,28)/t16-/m0/s1. The largest absolute Gasteiger partial charge is 0.346 e. The zero-order chi connectivity index (χ0) is 21.0. The summed E-state index contributed by atoms with van der Waals surface area (Å²) >= 11 is 1.52. The van der Waals surface area contributed by atoms with E-state index in [4.69, 9.17) is 0 Å². The first-order valence-corrected chi connectivity index (χ1v) is 10.5. The minimum atomic E-state index is -0.293. The van der Waals surface area contributed by atoms with Crippen molar-refractivity contribution in [1.29, 1.82) is 0 Å². The third-order valence-electron chi connectivity index (χ3n) is 4.50. The van der Waals surface area contributed by atoms with Crippen LogP contribution in [0, 0.1) is 18.7 Å². The van der Waals surface area contributed by atoms with E-state index < -0.39 is 0 Å². The Morgan fingerprint density at radius 3 is 2.34 bits per heavy atom. The summed E-state index contributed by atoms with van der Waals surface area (Å²) < 4.78 is 15.1. The molecule has 0 fully saturated rings. The molecular weight excluding hydrogens is 387 g/mol. The molecule has 0 bridgehead atoms. The number of thioether (sulfide) groups is 1. The normalized spacial score (nSPS) is 12.2. The Morgan fingerprint density at radius 2 is 1.72 bits per heavy atom. The molecule has 0 aliphatic carbocycles. The van der Waals surface area contributed by atoms with Crippen molar-refractivity contribution in [3.05, 3.63) is 71.3 Å². The highest BCUT2D eigenvalue weighted by atomic mass is 32.2. The van der Waals surface area contributed by atoms with Gasteiger partial charge in [-0.3, -0.25) is 9.36 Å². The molecular formula is C22H25FN4OS. The van der Waals surface area contributed by atoms with Gasteiger partial charge in [-0.05, 0) is 43.7 Å². The monoisotopic (exact) mass is 412 g/mol. The lowest BCUT2D eigenvalue weighted by Gasteiger charge is -2.17. The van der Waals surface area contributed by atoms with Gasteiger partial charge in [-0.15, -0.1) is 10.2 Å². The summed E-state index contributed by atoms with van der Waals surface area (Å²) in [6, 6.07) is 14.2. The Kier molecular flexibility index (Phi) is 6.69. The van der Waals surface area contributed by atoms with Crippen molar-refractivity contribution in [2.75, 3.05) is 0 Å². The van der Waals surface area contributed by atoms with Crippen LogP contribution in [0.1, 0.15) is 43.8 Å². The molecule has 152 valence electrons. The molecule has 1 N–H and O–H groups in total. The topological polar surface area (TPSA) is 59.8 Å². The number of aryl methyl sites for hydroxylation is 1. The van der Waals surface area contributed by atoms with Gasteiger partial charge in [0.1, 0.15) is 5.82 Å². The first-order chi connectivity index (χ1) is 13.8. The van der Waals surface area contributed by atoms with E-state index in [0.717, 1.165) is 22.0 Å². The van der Waals surface area contributed by atoms with Gasteiger partial charge in [0.15, 0.2) is 11.0 Å². The van der Waals surface area contributed by atoms with Gasteiger partial charge in [0.25, 0.3) is 0 Å². The van der Waals surface area contributed by atoms with Crippen molar-refractivity contribution in [2.45, 2.75) is 44.6 Å². The Balaban J connectivity index is 1.91. The van der Waals surface area contributed by atoms with Gasteiger partial charge in [-0.25, -0.2) is 4.39 Å². The van der Waals surface area contributed by atoms with Gasteiger partial charge in [0.05, 0.1) is 6.04 Å². The van der Waals surface area contributed by atoms with Crippen LogP contribution in [0.15, 0.2) is 53.7 Å². The number of nitrogens with zero attached hydrogens (tertiary/aromatic N) is 3. The number of halogens is 1. The summed E-state index contributed by atoms with van der Waals surface area (Å²) in [5.41, 5.74) is 3.09. The van der Waals surface area contributed by atoms with Crippen molar-refractivity contribution in [2.24, 2.45) is 5.92 Å². The predicted molar refractivity (Wildman–Crippen MR) is 113 cm³/mol. The molecule has 1 heterocycles. The number of hydrogen-bond acceptors (Lipinski definition) is 4. The molecule has 3 rings (SSSR count). The van der Waals surface area contributed by atoms with E-state index in [1.165, 1.54) is 23.9 Å². The Morgan fingerprint density at radius 1 is 1.07 bits per heavy atom. The minimum Gasteiger partial charge on any atom is -0.346 e. The summed E-state index contributed by atoms with van der Waals surface area (Å²) in [6.07, 6.45) is 0. The Hall–Kier alpha value is -2.67. The van der Waals surface area contributed by atoms with E-state index in [1.54, 1.807) is 12.1 Å². The zero-order valence-corrected chi connectivity index (χ0v) is 17.8. The highest BCUT2D eigenvalue weighted by Crippen LogP contribution is 2.28. The van der Waals surface area contributed by atoms with Crippen molar-refractivity contribution in [3.63, 3.8) is 0 Å². The van der Waals surface area contributed by atoms with E-state index in [1.807, 2.05) is 56.5 Å². The van der Waals surface area contributed by atoms with E-state index in [-0.39, 0.29) is 23.7 Å². The molecule has 0 spiro atoms. The van der Waals surface area contributed by atoms with Crippen LogP contribution in [0.5, 0.6) is 0 Å². The fourth-order valence-corrected chi connectivity index (χ4v) is 3.68. The van der Waals surface area contributed by atoms with Crippen LogP contribution in [0.3, 0.4) is 0 Å². The maximum atomic E-state index is 13.2. The third kappa shape index (κ3) is 5.23. The minimum absolute atomic E-state index is 0.0310. The quantitative estimate of drug-likeness (QED) is 0.564. The molecule has 0 saturated carbocycles. The fraction of sp³-hybridized carbons (Fsp3) is 0.318. The number of carbonyl (C=O) groups is 1. The molecule has 0 saturated heterocycles. The SMILES string of the molecule is Cc1ccc(-n2c(SCc3ccc(F)cc3)nnc2[C@H](C)NC(=O)C(C)C)cc1. The average molecular weight is 413 g/mol. The lowest BCUT2D eigenvalue weighted by atomic mass is 10.2. The highest BCUT2D eigenvalue weighted by molar-refractivity contribution is 7.98. The molecule has 7 heteroatoms. The van der Waals surface area contributed by atoms with Crippen LogP contribution in [0.4, 0.5) is 4.39 Å². The number of nitrogens with one attached hydrogen (secondary N) is 1. The zero-order valence-electron chi connectivity index (χ0n) is 17.0. The van der Waals surface area contributed by atoms with Gasteiger partial charge >= 0.3 is 0 Å². The molecule has 29 heavy (non-hydrogen) atoms. The Labute approximate surface area is 174 Å². The maximum absolute atomic E-state index is 13.2. The van der Waals surface area contributed by atoms with Crippen LogP contribution in [-0.4, -0.2) is 20.7 Å². The van der Waals surface area contributed by atoms with Crippen LogP contribution in [-0.2, 0) is 10.5 Å². The smallest absolute Gasteiger partial charge is 0.223 e. The van der Waals surface area contributed by atoms with Gasteiger partial charge in [-0.2, -0.15) is 0 Å². The van der Waals surface area contributed by atoms with Crippen LogP contribution in [0.2, 0.25) is 0 Å². The van der Waals surface area contributed by atoms with E-state index in [9.17, 15) is 9.18 Å². The van der Waals surface area contributed by atoms with Gasteiger partial charge in [0.2, 0.25) is 5.91 Å². The van der Waals surface area contributed by atoms with Gasteiger partial charge in [0, 0.05) is 17.4 Å². The number of aromatic nitrogens is 3. The molecule has 2 aromatic carbocycles. The molecule has 3 aromatic rings. The van der Waals surface area contributed by atoms with Gasteiger partial charge < -0.3 is 5.32 Å². The molecule has 0 unspecified atom stereocenters. The number of amides is 1. The van der Waals surface area contributed by atoms with E-state index in [2.05, 4.69) is 15.5 Å². The maximum Gasteiger partial charge on any atom is 0.223 e. The first-order valence-electron chi connectivity index (χ1n) is 9.55. The number of carbonyl (C=O) groups excluding carboxylic acids is 1. The summed E-state index contributed by atoms with van der Waals surface area (Å²) in [7, 11) is 0. The Bertz CT molecular complexity index is 967. The van der Waals surface area contributed by atoms with Crippen molar-refractivity contribution < 1.29 is 9.18 Å². The molecule has 0 aliphatic heterocycles. The predicted octanol–water partition coefficient (Wildman–Crippen LogP) is 4.84. The van der Waals surface area contributed by atoms with E-state index in [0.29, 0.717) is 11.6 Å². The summed E-state index contributed by atoms with van der Waals surface area (Å²) in [5, 5.41) is 12.5. The number of hydrogen-bond donors (Lipinski definition) is 1. The molecule has 1 atom stereocenters. The van der Waals surface area contributed by atoms with Crippen LogP contribution in [0.25, 0.3) is 5.69 Å². The summed E-state index contributed by atoms with van der Waals surface area (Å²) in [6.45, 7) is 7.66. The average Bonchev–Trinajstić information content (AvgIpc) is 3.12. The molecule has 0 radical (unpaired) electrons.